The van der Waals surface area contributed by atoms with Gasteiger partial charge in [0.2, 0.25) is 5.91 Å². The maximum atomic E-state index is 12.3. The fourth-order valence-electron chi connectivity index (χ4n) is 3.63. The number of nitrogens with zero attached hydrogens (tertiary/aromatic N) is 6. The Morgan fingerprint density at radius 1 is 1.25 bits per heavy atom. The molecular weight excluding hydrogens is 304 g/mol. The molecule has 0 radical (unpaired) electrons. The third-order valence-electron chi connectivity index (χ3n) is 4.95. The van der Waals surface area contributed by atoms with Crippen molar-refractivity contribution in [1.82, 2.24) is 29.4 Å². The van der Waals surface area contributed by atoms with Gasteiger partial charge in [-0.15, -0.1) is 10.2 Å². The number of hydrogen-bond acceptors (Lipinski definition) is 4. The van der Waals surface area contributed by atoms with E-state index >= 15 is 0 Å². The summed E-state index contributed by atoms with van der Waals surface area (Å²) in [6.45, 7) is 2.61. The molecule has 24 heavy (non-hydrogen) atoms. The van der Waals surface area contributed by atoms with Crippen molar-refractivity contribution in [3.63, 3.8) is 0 Å². The van der Waals surface area contributed by atoms with E-state index in [9.17, 15) is 4.79 Å². The Balaban J connectivity index is 1.35. The van der Waals surface area contributed by atoms with Crippen LogP contribution < -0.4 is 0 Å². The van der Waals surface area contributed by atoms with Crippen LogP contribution in [0.3, 0.4) is 0 Å². The second kappa shape index (κ2) is 6.22. The van der Waals surface area contributed by atoms with E-state index in [0.717, 1.165) is 56.1 Å². The van der Waals surface area contributed by atoms with Crippen molar-refractivity contribution in [1.29, 1.82) is 0 Å². The van der Waals surface area contributed by atoms with Crippen LogP contribution in [0.4, 0.5) is 0 Å². The van der Waals surface area contributed by atoms with Crippen LogP contribution >= 0.6 is 0 Å². The van der Waals surface area contributed by atoms with Gasteiger partial charge < -0.3 is 9.47 Å². The highest BCUT2D eigenvalue weighted by Crippen LogP contribution is 2.29. The Kier molecular flexibility index (Phi) is 3.92. The van der Waals surface area contributed by atoms with Gasteiger partial charge in [0.05, 0.1) is 6.20 Å². The van der Waals surface area contributed by atoms with Gasteiger partial charge in [-0.2, -0.15) is 5.10 Å². The van der Waals surface area contributed by atoms with E-state index in [1.165, 1.54) is 6.42 Å². The van der Waals surface area contributed by atoms with Crippen LogP contribution in [0.25, 0.3) is 6.08 Å². The van der Waals surface area contributed by atoms with Gasteiger partial charge in [0.15, 0.2) is 0 Å². The highest BCUT2D eigenvalue weighted by atomic mass is 16.2. The Morgan fingerprint density at radius 3 is 2.83 bits per heavy atom. The van der Waals surface area contributed by atoms with Crippen LogP contribution in [-0.4, -0.2) is 48.4 Å². The molecule has 2 aromatic rings. The Hall–Kier alpha value is -2.44. The molecule has 0 atom stereocenters. The Bertz CT molecular complexity index is 766. The molecule has 0 aliphatic carbocycles. The maximum absolute atomic E-state index is 12.3. The van der Waals surface area contributed by atoms with Crippen molar-refractivity contribution in [2.24, 2.45) is 7.05 Å². The molecule has 0 spiro atoms. The lowest BCUT2D eigenvalue weighted by Crippen LogP contribution is -2.37. The van der Waals surface area contributed by atoms with Gasteiger partial charge in [0, 0.05) is 56.9 Å². The van der Waals surface area contributed by atoms with Crippen LogP contribution in [0.1, 0.15) is 42.4 Å². The highest BCUT2D eigenvalue weighted by Gasteiger charge is 2.28. The fourth-order valence-corrected chi connectivity index (χ4v) is 3.63. The van der Waals surface area contributed by atoms with Gasteiger partial charge in [0.1, 0.15) is 11.6 Å². The first-order valence-electron chi connectivity index (χ1n) is 8.58. The first kappa shape index (κ1) is 15.1. The monoisotopic (exact) mass is 326 g/mol. The summed E-state index contributed by atoms with van der Waals surface area (Å²) in [7, 11) is 1.87. The summed E-state index contributed by atoms with van der Waals surface area (Å²) in [4.78, 5) is 14.3. The minimum Gasteiger partial charge on any atom is -0.339 e. The topological polar surface area (TPSA) is 68.8 Å². The molecule has 2 aromatic heterocycles. The summed E-state index contributed by atoms with van der Waals surface area (Å²) >= 11 is 0. The van der Waals surface area contributed by atoms with E-state index in [0.29, 0.717) is 5.92 Å². The largest absolute Gasteiger partial charge is 0.339 e. The first-order valence-corrected chi connectivity index (χ1v) is 8.58. The van der Waals surface area contributed by atoms with E-state index < -0.39 is 0 Å². The number of amides is 1. The molecule has 2 aliphatic rings. The predicted molar refractivity (Wildman–Crippen MR) is 89.1 cm³/mol. The molecular formula is C17H22N6O. The minimum atomic E-state index is 0.0729. The van der Waals surface area contributed by atoms with Gasteiger partial charge in [-0.1, -0.05) is 0 Å². The van der Waals surface area contributed by atoms with E-state index in [-0.39, 0.29) is 5.91 Å². The average Bonchev–Trinajstić information content (AvgIpc) is 3.29. The highest BCUT2D eigenvalue weighted by molar-refractivity contribution is 5.91. The molecule has 1 fully saturated rings. The SMILES string of the molecule is Cn1cc(/C=C\C(=O)N2CCC(c3nnc4n3CCC4)CC2)cn1. The number of likely N-dealkylation sites (tertiary alicyclic amines) is 1. The molecule has 2 aliphatic heterocycles. The zero-order chi connectivity index (χ0) is 16.5. The van der Waals surface area contributed by atoms with Crippen molar-refractivity contribution in [2.75, 3.05) is 13.1 Å². The third-order valence-corrected chi connectivity index (χ3v) is 4.95. The smallest absolute Gasteiger partial charge is 0.246 e. The van der Waals surface area contributed by atoms with Crippen molar-refractivity contribution >= 4 is 12.0 Å². The van der Waals surface area contributed by atoms with Crippen molar-refractivity contribution in [3.05, 3.63) is 35.7 Å². The molecule has 1 saturated heterocycles. The van der Waals surface area contributed by atoms with Gasteiger partial charge >= 0.3 is 0 Å². The molecule has 7 heteroatoms. The summed E-state index contributed by atoms with van der Waals surface area (Å²) in [6, 6.07) is 0. The summed E-state index contributed by atoms with van der Waals surface area (Å²) in [5.41, 5.74) is 0.944. The first-order chi connectivity index (χ1) is 11.7. The molecule has 126 valence electrons. The molecule has 0 N–H and O–H groups in total. The number of rotatable bonds is 3. The Labute approximate surface area is 141 Å². The van der Waals surface area contributed by atoms with Gasteiger partial charge in [-0.05, 0) is 25.3 Å². The molecule has 0 unspecified atom stereocenters. The number of piperidine rings is 1. The van der Waals surface area contributed by atoms with E-state index in [4.69, 9.17) is 0 Å². The van der Waals surface area contributed by atoms with Crippen LogP contribution in [0, 0.1) is 0 Å². The van der Waals surface area contributed by atoms with E-state index in [1.807, 2.05) is 24.2 Å². The normalized spacial score (nSPS) is 18.5. The number of carbonyl (C=O) groups excluding carboxylic acids is 1. The lowest BCUT2D eigenvalue weighted by molar-refractivity contribution is -0.127. The van der Waals surface area contributed by atoms with Crippen molar-refractivity contribution in [3.8, 4) is 0 Å². The summed E-state index contributed by atoms with van der Waals surface area (Å²) in [6.07, 6.45) is 11.3. The number of carbonyl (C=O) groups is 1. The van der Waals surface area contributed by atoms with Crippen LogP contribution in [0.5, 0.6) is 0 Å². The van der Waals surface area contributed by atoms with Gasteiger partial charge in [-0.25, -0.2) is 0 Å². The Morgan fingerprint density at radius 2 is 2.08 bits per heavy atom. The van der Waals surface area contributed by atoms with E-state index in [2.05, 4.69) is 19.9 Å². The number of aromatic nitrogens is 5. The average molecular weight is 326 g/mol. The van der Waals surface area contributed by atoms with Crippen molar-refractivity contribution < 1.29 is 4.79 Å². The zero-order valence-electron chi connectivity index (χ0n) is 13.9. The second-order valence-electron chi connectivity index (χ2n) is 6.61. The number of aryl methyl sites for hydroxylation is 2. The molecule has 4 heterocycles. The standard InChI is InChI=1S/C17H22N6O/c1-21-12-13(11-18-21)4-5-16(24)22-9-6-14(7-10-22)17-20-19-15-3-2-8-23(15)17/h4-5,11-12,14H,2-3,6-10H2,1H3/b5-4-. The third kappa shape index (κ3) is 2.86. The molecule has 4 rings (SSSR count). The minimum absolute atomic E-state index is 0.0729. The molecule has 0 aromatic carbocycles. The fraction of sp³-hybridized carbons (Fsp3) is 0.529. The number of fused-ring (bicyclic) bond motifs is 1. The predicted octanol–water partition coefficient (Wildman–Crippen LogP) is 1.38. The second-order valence-corrected chi connectivity index (χ2v) is 6.61. The number of hydrogen-bond donors (Lipinski definition) is 0. The lowest BCUT2D eigenvalue weighted by atomic mass is 9.96. The quantitative estimate of drug-likeness (QED) is 0.799. The van der Waals surface area contributed by atoms with Gasteiger partial charge in [-0.3, -0.25) is 9.48 Å². The molecule has 7 nitrogen and oxygen atoms in total. The summed E-state index contributed by atoms with van der Waals surface area (Å²) in [5, 5.41) is 12.8. The molecule has 0 saturated carbocycles. The van der Waals surface area contributed by atoms with Gasteiger partial charge in [0.25, 0.3) is 0 Å². The zero-order valence-corrected chi connectivity index (χ0v) is 13.9. The summed E-state index contributed by atoms with van der Waals surface area (Å²) in [5.74, 6) is 2.75. The molecule has 0 bridgehead atoms. The van der Waals surface area contributed by atoms with Crippen molar-refractivity contribution in [2.45, 2.75) is 38.1 Å². The van der Waals surface area contributed by atoms with Crippen LogP contribution in [-0.2, 0) is 24.8 Å². The molecule has 1 amide bonds. The van der Waals surface area contributed by atoms with Crippen LogP contribution in [0.15, 0.2) is 18.5 Å². The van der Waals surface area contributed by atoms with Crippen LogP contribution in [0.2, 0.25) is 0 Å². The van der Waals surface area contributed by atoms with E-state index in [1.54, 1.807) is 17.0 Å². The summed E-state index contributed by atoms with van der Waals surface area (Å²) < 4.78 is 4.01. The lowest BCUT2D eigenvalue weighted by Gasteiger charge is -2.30. The maximum Gasteiger partial charge on any atom is 0.246 e.